The lowest BCUT2D eigenvalue weighted by atomic mass is 10.1. The quantitative estimate of drug-likeness (QED) is 0.243. The molecule has 0 heterocycles. The number of para-hydroxylation sites is 1. The summed E-state index contributed by atoms with van der Waals surface area (Å²) in [5.74, 6) is 0.354. The van der Waals surface area contributed by atoms with Crippen molar-refractivity contribution in [1.29, 1.82) is 0 Å². The number of nitrogens with one attached hydrogen (secondary N) is 1. The van der Waals surface area contributed by atoms with Gasteiger partial charge in [0.2, 0.25) is 0 Å². The van der Waals surface area contributed by atoms with Gasteiger partial charge in [0.15, 0.2) is 11.5 Å². The van der Waals surface area contributed by atoms with Gasteiger partial charge in [-0.25, -0.2) is 0 Å². The molecule has 178 valence electrons. The van der Waals surface area contributed by atoms with Crippen molar-refractivity contribution >= 4 is 11.6 Å². The second-order valence-corrected chi connectivity index (χ2v) is 7.18. The Labute approximate surface area is 197 Å². The number of nitrogens with zero attached hydrogens (tertiary/aromatic N) is 1. The number of amides is 1. The average molecular weight is 466 g/mol. The van der Waals surface area contributed by atoms with Crippen LogP contribution < -0.4 is 19.5 Å². The first kappa shape index (κ1) is 24.5. The maximum atomic E-state index is 12.9. The fourth-order valence-electron chi connectivity index (χ4n) is 3.19. The molecule has 0 aromatic heterocycles. The molecule has 0 saturated carbocycles. The molecule has 0 aliphatic carbocycles. The van der Waals surface area contributed by atoms with Crippen molar-refractivity contribution in [2.45, 2.75) is 13.2 Å². The van der Waals surface area contributed by atoms with Crippen molar-refractivity contribution in [3.05, 3.63) is 93.5 Å². The molecule has 3 aromatic rings. The molecule has 0 aliphatic heterocycles. The number of nitro groups is 1. The van der Waals surface area contributed by atoms with E-state index in [9.17, 15) is 14.9 Å². The third-order valence-corrected chi connectivity index (χ3v) is 4.92. The van der Waals surface area contributed by atoms with E-state index in [1.807, 2.05) is 54.6 Å². The van der Waals surface area contributed by atoms with Crippen LogP contribution in [0.3, 0.4) is 0 Å². The van der Waals surface area contributed by atoms with Crippen LogP contribution in [0.5, 0.6) is 17.2 Å². The van der Waals surface area contributed by atoms with Gasteiger partial charge in [0.25, 0.3) is 11.6 Å². The lowest BCUT2D eigenvalue weighted by Gasteiger charge is -2.14. The zero-order valence-electron chi connectivity index (χ0n) is 19.0. The minimum Gasteiger partial charge on any atom is -0.493 e. The van der Waals surface area contributed by atoms with Crippen LogP contribution in [0.25, 0.3) is 0 Å². The van der Waals surface area contributed by atoms with E-state index in [4.69, 9.17) is 18.9 Å². The van der Waals surface area contributed by atoms with Crippen LogP contribution in [0, 0.1) is 10.1 Å². The van der Waals surface area contributed by atoms with Gasteiger partial charge in [-0.1, -0.05) is 48.5 Å². The van der Waals surface area contributed by atoms with Crippen LogP contribution in [-0.2, 0) is 17.9 Å². The minimum absolute atomic E-state index is 0.120. The Kier molecular flexibility index (Phi) is 8.81. The summed E-state index contributed by atoms with van der Waals surface area (Å²) in [6.45, 7) is 0.967. The normalized spacial score (nSPS) is 10.4. The number of benzene rings is 3. The molecule has 0 fully saturated rings. The van der Waals surface area contributed by atoms with E-state index < -0.39 is 10.8 Å². The first-order valence-electron chi connectivity index (χ1n) is 10.5. The topological polar surface area (TPSA) is 109 Å². The SMILES string of the molecule is COCCOc1cc([N+](=O)[O-])c(C(=O)NCc2ccccc2OCc2ccccc2)cc1OC. The van der Waals surface area contributed by atoms with Crippen molar-refractivity contribution in [2.75, 3.05) is 27.4 Å². The van der Waals surface area contributed by atoms with Crippen molar-refractivity contribution in [1.82, 2.24) is 5.32 Å². The molecule has 0 saturated heterocycles. The van der Waals surface area contributed by atoms with Gasteiger partial charge in [-0.3, -0.25) is 14.9 Å². The van der Waals surface area contributed by atoms with Crippen LogP contribution in [0.1, 0.15) is 21.5 Å². The molecule has 0 unspecified atom stereocenters. The molecular formula is C25H26N2O7. The molecule has 0 aliphatic rings. The number of methoxy groups -OCH3 is 2. The Hall–Kier alpha value is -4.11. The van der Waals surface area contributed by atoms with Gasteiger partial charge < -0.3 is 24.3 Å². The van der Waals surface area contributed by atoms with Crippen LogP contribution in [0.2, 0.25) is 0 Å². The summed E-state index contributed by atoms with van der Waals surface area (Å²) >= 11 is 0. The number of ether oxygens (including phenoxy) is 4. The van der Waals surface area contributed by atoms with Crippen LogP contribution in [0.15, 0.2) is 66.7 Å². The summed E-state index contributed by atoms with van der Waals surface area (Å²) in [7, 11) is 2.91. The predicted molar refractivity (Wildman–Crippen MR) is 125 cm³/mol. The standard InChI is InChI=1S/C25H26N2O7/c1-31-12-13-33-24-15-21(27(29)30)20(14-23(24)32-2)25(28)26-16-19-10-6-7-11-22(19)34-17-18-8-4-3-5-9-18/h3-11,14-15H,12-13,16-17H2,1-2H3,(H,26,28). The molecule has 3 aromatic carbocycles. The number of rotatable bonds is 12. The highest BCUT2D eigenvalue weighted by atomic mass is 16.6. The molecule has 3 rings (SSSR count). The van der Waals surface area contributed by atoms with Crippen molar-refractivity contribution in [3.63, 3.8) is 0 Å². The molecule has 0 spiro atoms. The largest absolute Gasteiger partial charge is 0.493 e. The highest BCUT2D eigenvalue weighted by Crippen LogP contribution is 2.35. The number of carbonyl (C=O) groups excluding carboxylic acids is 1. The second kappa shape index (κ2) is 12.2. The van der Waals surface area contributed by atoms with Crippen LogP contribution >= 0.6 is 0 Å². The van der Waals surface area contributed by atoms with Crippen LogP contribution in [-0.4, -0.2) is 38.3 Å². The lowest BCUT2D eigenvalue weighted by Crippen LogP contribution is -2.24. The molecule has 0 radical (unpaired) electrons. The van der Waals surface area contributed by atoms with E-state index in [-0.39, 0.29) is 35.9 Å². The number of nitro benzene ring substituents is 1. The Bertz CT molecular complexity index is 1120. The number of hydrogen-bond acceptors (Lipinski definition) is 7. The summed E-state index contributed by atoms with van der Waals surface area (Å²) in [6, 6.07) is 19.5. The zero-order chi connectivity index (χ0) is 24.3. The smallest absolute Gasteiger partial charge is 0.286 e. The number of hydrogen-bond donors (Lipinski definition) is 1. The Morgan fingerprint density at radius 2 is 1.65 bits per heavy atom. The highest BCUT2D eigenvalue weighted by Gasteiger charge is 2.25. The summed E-state index contributed by atoms with van der Waals surface area (Å²) in [5.41, 5.74) is 1.22. The summed E-state index contributed by atoms with van der Waals surface area (Å²) in [6.07, 6.45) is 0. The third-order valence-electron chi connectivity index (χ3n) is 4.92. The third kappa shape index (κ3) is 6.46. The van der Waals surface area contributed by atoms with E-state index in [1.54, 1.807) is 0 Å². The second-order valence-electron chi connectivity index (χ2n) is 7.18. The van der Waals surface area contributed by atoms with Crippen molar-refractivity contribution < 1.29 is 28.7 Å². The lowest BCUT2D eigenvalue weighted by molar-refractivity contribution is -0.385. The van der Waals surface area contributed by atoms with Gasteiger partial charge in [-0.2, -0.15) is 0 Å². The van der Waals surface area contributed by atoms with Gasteiger partial charge in [0, 0.05) is 25.3 Å². The van der Waals surface area contributed by atoms with E-state index in [0.717, 1.165) is 11.1 Å². The van der Waals surface area contributed by atoms with Crippen molar-refractivity contribution in [3.8, 4) is 17.2 Å². The molecule has 9 nitrogen and oxygen atoms in total. The van der Waals surface area contributed by atoms with Gasteiger partial charge in [0.05, 0.1) is 24.7 Å². The molecule has 9 heteroatoms. The first-order valence-corrected chi connectivity index (χ1v) is 10.5. The maximum absolute atomic E-state index is 12.9. The Morgan fingerprint density at radius 3 is 2.35 bits per heavy atom. The summed E-state index contributed by atoms with van der Waals surface area (Å²) in [4.78, 5) is 23.9. The molecule has 1 amide bonds. The van der Waals surface area contributed by atoms with Crippen molar-refractivity contribution in [2.24, 2.45) is 0 Å². The molecule has 34 heavy (non-hydrogen) atoms. The molecule has 0 bridgehead atoms. The van der Waals surface area contributed by atoms with Gasteiger partial charge in [-0.15, -0.1) is 0 Å². The fraction of sp³-hybridized carbons (Fsp3) is 0.240. The molecular weight excluding hydrogens is 440 g/mol. The van der Waals surface area contributed by atoms with E-state index in [1.165, 1.54) is 26.4 Å². The highest BCUT2D eigenvalue weighted by molar-refractivity contribution is 5.99. The molecule has 1 N–H and O–H groups in total. The zero-order valence-corrected chi connectivity index (χ0v) is 19.0. The molecule has 0 atom stereocenters. The van der Waals surface area contributed by atoms with E-state index in [2.05, 4.69) is 5.32 Å². The Morgan fingerprint density at radius 1 is 0.912 bits per heavy atom. The fourth-order valence-corrected chi connectivity index (χ4v) is 3.19. The average Bonchev–Trinajstić information content (AvgIpc) is 2.86. The monoisotopic (exact) mass is 466 g/mol. The van der Waals surface area contributed by atoms with E-state index >= 15 is 0 Å². The summed E-state index contributed by atoms with van der Waals surface area (Å²) < 4.78 is 21.6. The van der Waals surface area contributed by atoms with E-state index in [0.29, 0.717) is 19.0 Å². The maximum Gasteiger partial charge on any atom is 0.286 e. The van der Waals surface area contributed by atoms with Gasteiger partial charge in [-0.05, 0) is 11.6 Å². The summed E-state index contributed by atoms with van der Waals surface area (Å²) in [5, 5.41) is 14.4. The minimum atomic E-state index is -0.631. The van der Waals surface area contributed by atoms with Crippen LogP contribution in [0.4, 0.5) is 5.69 Å². The predicted octanol–water partition coefficient (Wildman–Crippen LogP) is 4.14. The number of carbonyl (C=O) groups is 1. The first-order chi connectivity index (χ1) is 16.5. The Balaban J connectivity index is 1.75. The van der Waals surface area contributed by atoms with Gasteiger partial charge in [0.1, 0.15) is 24.5 Å². The van der Waals surface area contributed by atoms with Gasteiger partial charge >= 0.3 is 0 Å².